The van der Waals surface area contributed by atoms with Crippen molar-refractivity contribution in [2.24, 2.45) is 0 Å². The normalized spacial score (nSPS) is 18.7. The van der Waals surface area contributed by atoms with Gasteiger partial charge in [-0.3, -0.25) is 9.20 Å². The zero-order valence-corrected chi connectivity index (χ0v) is 30.3. The number of ketones is 1. The summed E-state index contributed by atoms with van der Waals surface area (Å²) in [6, 6.07) is 15.0. The lowest BCUT2D eigenvalue weighted by Crippen LogP contribution is -2.35. The molecule has 1 aromatic carbocycles. The van der Waals surface area contributed by atoms with Gasteiger partial charge in [0.1, 0.15) is 23.4 Å². The van der Waals surface area contributed by atoms with E-state index >= 15 is 0 Å². The predicted molar refractivity (Wildman–Crippen MR) is 194 cm³/mol. The van der Waals surface area contributed by atoms with Crippen molar-refractivity contribution in [3.63, 3.8) is 0 Å². The summed E-state index contributed by atoms with van der Waals surface area (Å²) in [6.07, 6.45) is 5.38. The quantitative estimate of drug-likeness (QED) is 0.178. The fourth-order valence-corrected chi connectivity index (χ4v) is 6.71. The van der Waals surface area contributed by atoms with Crippen LogP contribution in [0.15, 0.2) is 54.7 Å². The summed E-state index contributed by atoms with van der Waals surface area (Å²) in [4.78, 5) is 33.9. The van der Waals surface area contributed by atoms with Gasteiger partial charge in [0, 0.05) is 48.3 Å². The molecule has 11 nitrogen and oxygen atoms in total. The Morgan fingerprint density at radius 3 is 2.52 bits per heavy atom. The molecule has 0 saturated carbocycles. The molecule has 4 aromatic rings. The number of aromatic nitrogens is 4. The first-order chi connectivity index (χ1) is 23.8. The number of pyridine rings is 2. The van der Waals surface area contributed by atoms with E-state index in [0.29, 0.717) is 24.2 Å². The lowest BCUT2D eigenvalue weighted by atomic mass is 9.85. The molecule has 50 heavy (non-hydrogen) atoms. The van der Waals surface area contributed by atoms with E-state index in [0.717, 1.165) is 86.2 Å². The van der Waals surface area contributed by atoms with Crippen molar-refractivity contribution in [1.29, 1.82) is 0 Å². The van der Waals surface area contributed by atoms with Gasteiger partial charge in [0.05, 0.1) is 18.8 Å². The molecule has 4 heterocycles. The molecule has 0 spiro atoms. The number of rotatable bonds is 9. The van der Waals surface area contributed by atoms with Crippen LogP contribution in [0.2, 0.25) is 0 Å². The monoisotopic (exact) mass is 681 g/mol. The third-order valence-corrected chi connectivity index (χ3v) is 9.40. The number of benzene rings is 1. The lowest BCUT2D eigenvalue weighted by Gasteiger charge is -2.32. The van der Waals surface area contributed by atoms with Crippen molar-refractivity contribution < 1.29 is 19.1 Å². The van der Waals surface area contributed by atoms with Gasteiger partial charge in [-0.2, -0.15) is 0 Å². The fraction of sp³-hybridized carbons (Fsp3) is 0.513. The molecular formula is C39H51N7O4. The standard InChI is InChI=1S/C39H51N7O4/c1-38(2,3)34-24-26(23-31(41-34)32(47)13-9-18-45-19-10-21-49-22-20-45)40-37(48)42-30-15-16-33(29-12-8-7-11-28(29)30)50-27-14-17-35-43-44-36(39(4,5)6)46(35)25-27/h7-8,11-12,14,17,23-25,30,33H,9-10,13,15-16,18-22H2,1-6H3,(H2,40,41,42,48)/t30-,33+/m0/s1. The van der Waals surface area contributed by atoms with Crippen LogP contribution in [0.4, 0.5) is 10.5 Å². The van der Waals surface area contributed by atoms with Crippen LogP contribution in [0.5, 0.6) is 5.75 Å². The van der Waals surface area contributed by atoms with Gasteiger partial charge in [0.25, 0.3) is 0 Å². The Labute approximate surface area is 295 Å². The largest absolute Gasteiger partial charge is 0.484 e. The van der Waals surface area contributed by atoms with Crippen molar-refractivity contribution in [3.8, 4) is 5.75 Å². The Balaban J connectivity index is 1.13. The SMILES string of the molecule is CC(C)(C)c1cc(NC(=O)N[C@H]2CC[C@@H](Oc3ccc4nnc(C(C)(C)C)n4c3)c3ccccc32)cc(C(=O)CCCN2CCCOCC2)n1. The smallest absolute Gasteiger partial charge is 0.319 e. The zero-order chi connectivity index (χ0) is 35.5. The highest BCUT2D eigenvalue weighted by molar-refractivity contribution is 5.97. The van der Waals surface area contributed by atoms with Crippen molar-refractivity contribution in [2.45, 2.75) is 96.6 Å². The number of hydrogen-bond donors (Lipinski definition) is 2. The van der Waals surface area contributed by atoms with E-state index < -0.39 is 0 Å². The molecule has 1 saturated heterocycles. The van der Waals surface area contributed by atoms with Crippen LogP contribution < -0.4 is 15.4 Å². The van der Waals surface area contributed by atoms with Crippen LogP contribution in [0.1, 0.15) is 119 Å². The van der Waals surface area contributed by atoms with E-state index in [2.05, 4.69) is 79.4 Å². The average Bonchev–Trinajstić information content (AvgIpc) is 3.33. The molecule has 0 bridgehead atoms. The van der Waals surface area contributed by atoms with Gasteiger partial charge in [0.2, 0.25) is 0 Å². The van der Waals surface area contributed by atoms with Crippen LogP contribution >= 0.6 is 0 Å². The topological polar surface area (TPSA) is 123 Å². The van der Waals surface area contributed by atoms with E-state index in [1.54, 1.807) is 6.07 Å². The van der Waals surface area contributed by atoms with Crippen molar-refractivity contribution in [2.75, 3.05) is 38.2 Å². The molecule has 3 aromatic heterocycles. The van der Waals surface area contributed by atoms with Crippen LogP contribution in [0, 0.1) is 0 Å². The van der Waals surface area contributed by atoms with Gasteiger partial charge >= 0.3 is 6.03 Å². The molecule has 0 radical (unpaired) electrons. The highest BCUT2D eigenvalue weighted by atomic mass is 16.5. The molecule has 266 valence electrons. The molecule has 1 aliphatic carbocycles. The van der Waals surface area contributed by atoms with Gasteiger partial charge in [-0.15, -0.1) is 10.2 Å². The number of Topliss-reactive ketones (excluding diaryl/α,β-unsaturated/α-hetero) is 1. The molecule has 6 rings (SSSR count). The van der Waals surface area contributed by atoms with Crippen LogP contribution in [0.25, 0.3) is 5.65 Å². The Bertz CT molecular complexity index is 1820. The first-order valence-corrected chi connectivity index (χ1v) is 17.9. The minimum absolute atomic E-state index is 0.0176. The summed E-state index contributed by atoms with van der Waals surface area (Å²) in [7, 11) is 0. The molecule has 2 atom stereocenters. The first kappa shape index (κ1) is 35.5. The Morgan fingerprint density at radius 2 is 1.74 bits per heavy atom. The van der Waals surface area contributed by atoms with Crippen LogP contribution in [-0.2, 0) is 15.6 Å². The number of anilines is 1. The van der Waals surface area contributed by atoms with E-state index in [-0.39, 0.29) is 34.8 Å². The number of amides is 2. The van der Waals surface area contributed by atoms with Crippen molar-refractivity contribution in [1.82, 2.24) is 29.8 Å². The number of nitrogens with zero attached hydrogens (tertiary/aromatic N) is 5. The molecule has 2 amide bonds. The third-order valence-electron chi connectivity index (χ3n) is 9.40. The van der Waals surface area contributed by atoms with Crippen molar-refractivity contribution >= 4 is 23.1 Å². The number of urea groups is 1. The molecular weight excluding hydrogens is 630 g/mol. The van der Waals surface area contributed by atoms with Crippen LogP contribution in [0.3, 0.4) is 0 Å². The fourth-order valence-electron chi connectivity index (χ4n) is 6.71. The second kappa shape index (κ2) is 14.9. The highest BCUT2D eigenvalue weighted by Gasteiger charge is 2.30. The number of nitrogens with one attached hydrogen (secondary N) is 2. The average molecular weight is 682 g/mol. The summed E-state index contributed by atoms with van der Waals surface area (Å²) in [5, 5.41) is 14.9. The Kier molecular flexibility index (Phi) is 10.5. The first-order valence-electron chi connectivity index (χ1n) is 17.9. The Hall–Kier alpha value is -4.35. The van der Waals surface area contributed by atoms with Gasteiger partial charge in [0.15, 0.2) is 11.4 Å². The van der Waals surface area contributed by atoms with Gasteiger partial charge < -0.3 is 25.0 Å². The second-order valence-corrected chi connectivity index (χ2v) is 15.5. The number of hydrogen-bond acceptors (Lipinski definition) is 8. The number of carbonyl (C=O) groups excluding carboxylic acids is 2. The van der Waals surface area contributed by atoms with Gasteiger partial charge in [-0.25, -0.2) is 9.78 Å². The summed E-state index contributed by atoms with van der Waals surface area (Å²) >= 11 is 0. The maximum atomic E-state index is 13.5. The molecule has 2 aliphatic rings. The highest BCUT2D eigenvalue weighted by Crippen LogP contribution is 2.39. The predicted octanol–water partition coefficient (Wildman–Crippen LogP) is 7.18. The third kappa shape index (κ3) is 8.50. The summed E-state index contributed by atoms with van der Waals surface area (Å²) in [5.41, 5.74) is 4.07. The van der Waals surface area contributed by atoms with E-state index in [9.17, 15) is 9.59 Å². The van der Waals surface area contributed by atoms with Crippen LogP contribution in [-0.4, -0.2) is 69.1 Å². The van der Waals surface area contributed by atoms with Gasteiger partial charge in [-0.1, -0.05) is 65.8 Å². The summed E-state index contributed by atoms with van der Waals surface area (Å²) in [5.74, 6) is 1.59. The van der Waals surface area contributed by atoms with E-state index in [1.165, 1.54) is 0 Å². The minimum Gasteiger partial charge on any atom is -0.484 e. The maximum absolute atomic E-state index is 13.5. The molecule has 1 aliphatic heterocycles. The minimum atomic E-state index is -0.329. The zero-order valence-electron chi connectivity index (χ0n) is 30.3. The van der Waals surface area contributed by atoms with Gasteiger partial charge in [-0.05, 0) is 67.6 Å². The number of carbonyl (C=O) groups is 2. The maximum Gasteiger partial charge on any atom is 0.319 e. The molecule has 11 heteroatoms. The van der Waals surface area contributed by atoms with E-state index in [1.807, 2.05) is 40.9 Å². The van der Waals surface area contributed by atoms with E-state index in [4.69, 9.17) is 14.5 Å². The van der Waals surface area contributed by atoms with Crippen molar-refractivity contribution in [3.05, 3.63) is 83.1 Å². The summed E-state index contributed by atoms with van der Waals surface area (Å²) < 4.78 is 14.1. The summed E-state index contributed by atoms with van der Waals surface area (Å²) in [6.45, 7) is 16.8. The Morgan fingerprint density at radius 1 is 0.940 bits per heavy atom. The number of ether oxygens (including phenoxy) is 2. The second-order valence-electron chi connectivity index (χ2n) is 15.5. The molecule has 1 fully saturated rings. The molecule has 2 N–H and O–H groups in total. The molecule has 0 unspecified atom stereocenters. The lowest BCUT2D eigenvalue weighted by molar-refractivity contribution is 0.0968. The number of fused-ring (bicyclic) bond motifs is 2.